The van der Waals surface area contributed by atoms with E-state index in [2.05, 4.69) is 10.3 Å². The molecule has 0 unspecified atom stereocenters. The molecule has 23 heavy (non-hydrogen) atoms. The highest BCUT2D eigenvalue weighted by molar-refractivity contribution is 5.88. The third-order valence-corrected chi connectivity index (χ3v) is 3.41. The SMILES string of the molecule is CC(=O)Nc1ccc(-c2nc(-c3ccccc3)c(C)[nH]2)cc1.Cl. The predicted octanol–water partition coefficient (Wildman–Crippen LogP) is 4.43. The monoisotopic (exact) mass is 327 g/mol. The second-order valence-corrected chi connectivity index (χ2v) is 5.18. The zero-order valence-corrected chi connectivity index (χ0v) is 13.8. The molecule has 0 saturated heterocycles. The van der Waals surface area contributed by atoms with Gasteiger partial charge < -0.3 is 10.3 Å². The molecule has 0 spiro atoms. The van der Waals surface area contributed by atoms with Crippen LogP contribution in [0.2, 0.25) is 0 Å². The van der Waals surface area contributed by atoms with Gasteiger partial charge in [-0.1, -0.05) is 30.3 Å². The second-order valence-electron chi connectivity index (χ2n) is 5.18. The lowest BCUT2D eigenvalue weighted by atomic mass is 10.1. The number of amides is 1. The molecule has 4 nitrogen and oxygen atoms in total. The Morgan fingerprint density at radius 2 is 1.65 bits per heavy atom. The number of aryl methyl sites for hydroxylation is 1. The predicted molar refractivity (Wildman–Crippen MR) is 95.7 cm³/mol. The Morgan fingerprint density at radius 1 is 1.00 bits per heavy atom. The van der Waals surface area contributed by atoms with Gasteiger partial charge >= 0.3 is 0 Å². The van der Waals surface area contributed by atoms with Gasteiger partial charge in [-0.15, -0.1) is 12.4 Å². The lowest BCUT2D eigenvalue weighted by molar-refractivity contribution is -0.114. The molecule has 0 radical (unpaired) electrons. The summed E-state index contributed by atoms with van der Waals surface area (Å²) in [6.45, 7) is 3.51. The minimum atomic E-state index is -0.0760. The van der Waals surface area contributed by atoms with E-state index in [1.54, 1.807) is 0 Å². The van der Waals surface area contributed by atoms with Crippen molar-refractivity contribution in [1.82, 2.24) is 9.97 Å². The van der Waals surface area contributed by atoms with E-state index in [0.717, 1.165) is 34.0 Å². The van der Waals surface area contributed by atoms with Crippen molar-refractivity contribution in [2.75, 3.05) is 5.32 Å². The van der Waals surface area contributed by atoms with Crippen LogP contribution in [0.1, 0.15) is 12.6 Å². The summed E-state index contributed by atoms with van der Waals surface area (Å²) in [4.78, 5) is 19.1. The zero-order chi connectivity index (χ0) is 15.5. The van der Waals surface area contributed by atoms with Crippen molar-refractivity contribution in [3.05, 3.63) is 60.3 Å². The number of hydrogen-bond donors (Lipinski definition) is 2. The van der Waals surface area contributed by atoms with E-state index in [0.29, 0.717) is 0 Å². The van der Waals surface area contributed by atoms with Crippen LogP contribution in [-0.2, 0) is 4.79 Å². The summed E-state index contributed by atoms with van der Waals surface area (Å²) in [5, 5.41) is 2.76. The largest absolute Gasteiger partial charge is 0.342 e. The van der Waals surface area contributed by atoms with Crippen LogP contribution < -0.4 is 5.32 Å². The molecule has 3 rings (SSSR count). The zero-order valence-electron chi connectivity index (χ0n) is 13.0. The molecule has 2 N–H and O–H groups in total. The van der Waals surface area contributed by atoms with Gasteiger partial charge in [-0.3, -0.25) is 4.79 Å². The summed E-state index contributed by atoms with van der Waals surface area (Å²) >= 11 is 0. The topological polar surface area (TPSA) is 57.8 Å². The number of H-pyrrole nitrogens is 1. The van der Waals surface area contributed by atoms with E-state index < -0.39 is 0 Å². The lowest BCUT2D eigenvalue weighted by Crippen LogP contribution is -2.05. The lowest BCUT2D eigenvalue weighted by Gasteiger charge is -2.02. The van der Waals surface area contributed by atoms with Gasteiger partial charge in [-0.25, -0.2) is 4.98 Å². The number of aromatic nitrogens is 2. The summed E-state index contributed by atoms with van der Waals surface area (Å²) in [6.07, 6.45) is 0. The number of aromatic amines is 1. The Kier molecular flexibility index (Phi) is 5.19. The Morgan fingerprint density at radius 3 is 2.26 bits per heavy atom. The van der Waals surface area contributed by atoms with E-state index in [-0.39, 0.29) is 18.3 Å². The number of benzene rings is 2. The molecule has 0 saturated carbocycles. The van der Waals surface area contributed by atoms with E-state index in [9.17, 15) is 4.79 Å². The van der Waals surface area contributed by atoms with Crippen LogP contribution in [0.15, 0.2) is 54.6 Å². The fourth-order valence-electron chi connectivity index (χ4n) is 2.39. The summed E-state index contributed by atoms with van der Waals surface area (Å²) in [5.41, 5.74) is 4.85. The molecule has 1 aromatic heterocycles. The van der Waals surface area contributed by atoms with E-state index in [1.807, 2.05) is 61.5 Å². The number of rotatable bonds is 3. The van der Waals surface area contributed by atoms with E-state index in [4.69, 9.17) is 4.98 Å². The molecule has 1 heterocycles. The van der Waals surface area contributed by atoms with Crippen LogP contribution in [0, 0.1) is 6.92 Å². The van der Waals surface area contributed by atoms with Crippen molar-refractivity contribution in [1.29, 1.82) is 0 Å². The van der Waals surface area contributed by atoms with Crippen molar-refractivity contribution < 1.29 is 4.79 Å². The Labute approximate surface area is 141 Å². The van der Waals surface area contributed by atoms with Gasteiger partial charge in [-0.2, -0.15) is 0 Å². The quantitative estimate of drug-likeness (QED) is 0.747. The van der Waals surface area contributed by atoms with Crippen LogP contribution in [0.5, 0.6) is 0 Å². The summed E-state index contributed by atoms with van der Waals surface area (Å²) < 4.78 is 0. The smallest absolute Gasteiger partial charge is 0.221 e. The molecule has 2 aromatic carbocycles. The van der Waals surface area contributed by atoms with Gasteiger partial charge in [0.25, 0.3) is 0 Å². The highest BCUT2D eigenvalue weighted by Crippen LogP contribution is 2.26. The third kappa shape index (κ3) is 3.79. The van der Waals surface area contributed by atoms with Crippen LogP contribution in [0.25, 0.3) is 22.6 Å². The van der Waals surface area contributed by atoms with E-state index >= 15 is 0 Å². The first-order valence-electron chi connectivity index (χ1n) is 7.13. The first-order chi connectivity index (χ1) is 10.6. The molecule has 0 aliphatic heterocycles. The Balaban J connectivity index is 0.00000192. The maximum absolute atomic E-state index is 11.0. The number of carbonyl (C=O) groups is 1. The number of halogens is 1. The average Bonchev–Trinajstić information content (AvgIpc) is 2.90. The number of nitrogens with zero attached hydrogens (tertiary/aromatic N) is 1. The van der Waals surface area contributed by atoms with Crippen LogP contribution in [0.3, 0.4) is 0 Å². The highest BCUT2D eigenvalue weighted by atomic mass is 35.5. The van der Waals surface area contributed by atoms with Crippen LogP contribution in [-0.4, -0.2) is 15.9 Å². The summed E-state index contributed by atoms with van der Waals surface area (Å²) in [6, 6.07) is 17.7. The van der Waals surface area contributed by atoms with Gasteiger partial charge in [0.15, 0.2) is 0 Å². The molecular formula is C18H18ClN3O. The number of anilines is 1. The third-order valence-electron chi connectivity index (χ3n) is 3.41. The maximum Gasteiger partial charge on any atom is 0.221 e. The Bertz CT molecular complexity index is 795. The standard InChI is InChI=1S/C18H17N3O.ClH/c1-12-17(14-6-4-3-5-7-14)21-18(19-12)15-8-10-16(11-9-15)20-13(2)22;/h3-11H,1-2H3,(H,19,21)(H,20,22);1H. The molecule has 0 atom stereocenters. The first-order valence-corrected chi connectivity index (χ1v) is 7.13. The molecule has 0 fully saturated rings. The van der Waals surface area contributed by atoms with Crippen molar-refractivity contribution in [2.45, 2.75) is 13.8 Å². The van der Waals surface area contributed by atoms with Crippen molar-refractivity contribution in [3.63, 3.8) is 0 Å². The van der Waals surface area contributed by atoms with Gasteiger partial charge in [0.2, 0.25) is 5.91 Å². The van der Waals surface area contributed by atoms with Gasteiger partial charge in [-0.05, 0) is 31.2 Å². The number of hydrogen-bond acceptors (Lipinski definition) is 2. The first kappa shape index (κ1) is 16.8. The highest BCUT2D eigenvalue weighted by Gasteiger charge is 2.10. The normalized spacial score (nSPS) is 10.0. The van der Waals surface area contributed by atoms with E-state index in [1.165, 1.54) is 6.92 Å². The van der Waals surface area contributed by atoms with Gasteiger partial charge in [0.05, 0.1) is 5.69 Å². The van der Waals surface area contributed by atoms with Gasteiger partial charge in [0, 0.05) is 29.4 Å². The molecule has 1 amide bonds. The number of nitrogens with one attached hydrogen (secondary N) is 2. The molecule has 0 bridgehead atoms. The van der Waals surface area contributed by atoms with Gasteiger partial charge in [0.1, 0.15) is 5.82 Å². The molecule has 3 aromatic rings. The van der Waals surface area contributed by atoms with Crippen molar-refractivity contribution >= 4 is 24.0 Å². The molecular weight excluding hydrogens is 310 g/mol. The molecule has 5 heteroatoms. The fourth-order valence-corrected chi connectivity index (χ4v) is 2.39. The molecule has 0 aliphatic rings. The van der Waals surface area contributed by atoms with Crippen molar-refractivity contribution in [2.24, 2.45) is 0 Å². The van der Waals surface area contributed by atoms with Crippen LogP contribution in [0.4, 0.5) is 5.69 Å². The minimum absolute atomic E-state index is 0. The Hall–Kier alpha value is -2.59. The minimum Gasteiger partial charge on any atom is -0.342 e. The van der Waals surface area contributed by atoms with Crippen molar-refractivity contribution in [3.8, 4) is 22.6 Å². The summed E-state index contributed by atoms with van der Waals surface area (Å²) in [5.74, 6) is 0.749. The maximum atomic E-state index is 11.0. The van der Waals surface area contributed by atoms with Crippen LogP contribution >= 0.6 is 12.4 Å². The molecule has 0 aliphatic carbocycles. The molecule has 118 valence electrons. The average molecular weight is 328 g/mol. The number of carbonyl (C=O) groups excluding carboxylic acids is 1. The number of imidazole rings is 1. The fraction of sp³-hybridized carbons (Fsp3) is 0.111. The summed E-state index contributed by atoms with van der Waals surface area (Å²) in [7, 11) is 0. The second kappa shape index (κ2) is 7.11.